The molecule has 130 valence electrons. The predicted octanol–water partition coefficient (Wildman–Crippen LogP) is 4.03. The zero-order chi connectivity index (χ0) is 17.9. The second-order valence-corrected chi connectivity index (χ2v) is 6.81. The molecule has 1 amide bonds. The van der Waals surface area contributed by atoms with Crippen LogP contribution in [-0.2, 0) is 6.54 Å². The van der Waals surface area contributed by atoms with Crippen molar-refractivity contribution in [2.75, 3.05) is 7.11 Å². The standard InChI is InChI=1S/C20H17N3O2S/c1-25-16-7-4-14(5-8-16)13-21-19(24)15-6-9-17-18(12-15)26-20(22-17)23-10-2-3-11-23/h2-12H,13H2,1H3,(H,21,24). The van der Waals surface area contributed by atoms with Crippen LogP contribution in [0.2, 0.25) is 0 Å². The molecule has 6 heteroatoms. The molecule has 2 aromatic heterocycles. The van der Waals surface area contributed by atoms with Crippen molar-refractivity contribution in [3.05, 3.63) is 78.1 Å². The Bertz CT molecular complexity index is 1040. The molecule has 0 saturated heterocycles. The molecule has 5 nitrogen and oxygen atoms in total. The lowest BCUT2D eigenvalue weighted by Gasteiger charge is -2.06. The Labute approximate surface area is 154 Å². The summed E-state index contributed by atoms with van der Waals surface area (Å²) < 4.78 is 8.10. The molecule has 4 rings (SSSR count). The Morgan fingerprint density at radius 3 is 2.65 bits per heavy atom. The van der Waals surface area contributed by atoms with Gasteiger partial charge in [0.15, 0.2) is 5.13 Å². The second-order valence-electron chi connectivity index (χ2n) is 5.80. The molecular weight excluding hydrogens is 346 g/mol. The van der Waals surface area contributed by atoms with Gasteiger partial charge in [0.2, 0.25) is 0 Å². The third kappa shape index (κ3) is 3.32. The summed E-state index contributed by atoms with van der Waals surface area (Å²) in [7, 11) is 1.63. The third-order valence-electron chi connectivity index (χ3n) is 4.08. The lowest BCUT2D eigenvalue weighted by atomic mass is 10.2. The molecule has 4 aromatic rings. The fraction of sp³-hybridized carbons (Fsp3) is 0.100. The lowest BCUT2D eigenvalue weighted by Crippen LogP contribution is -2.22. The zero-order valence-corrected chi connectivity index (χ0v) is 15.0. The summed E-state index contributed by atoms with van der Waals surface area (Å²) in [6, 6.07) is 17.2. The smallest absolute Gasteiger partial charge is 0.251 e. The van der Waals surface area contributed by atoms with Crippen LogP contribution in [0, 0.1) is 0 Å². The maximum Gasteiger partial charge on any atom is 0.251 e. The number of hydrogen-bond acceptors (Lipinski definition) is 4. The number of fused-ring (bicyclic) bond motifs is 1. The molecule has 0 aliphatic heterocycles. The fourth-order valence-corrected chi connectivity index (χ4v) is 3.63. The minimum atomic E-state index is -0.0985. The van der Waals surface area contributed by atoms with Crippen molar-refractivity contribution in [1.29, 1.82) is 0 Å². The van der Waals surface area contributed by atoms with Gasteiger partial charge < -0.3 is 14.6 Å². The Morgan fingerprint density at radius 1 is 1.15 bits per heavy atom. The third-order valence-corrected chi connectivity index (χ3v) is 5.11. The van der Waals surface area contributed by atoms with Gasteiger partial charge in [-0.25, -0.2) is 4.98 Å². The van der Waals surface area contributed by atoms with E-state index in [1.54, 1.807) is 18.4 Å². The molecular formula is C20H17N3O2S. The van der Waals surface area contributed by atoms with Crippen molar-refractivity contribution in [3.63, 3.8) is 0 Å². The summed E-state index contributed by atoms with van der Waals surface area (Å²) in [5.41, 5.74) is 2.55. The van der Waals surface area contributed by atoms with Crippen LogP contribution in [0.15, 0.2) is 67.0 Å². The fourth-order valence-electron chi connectivity index (χ4n) is 2.65. The van der Waals surface area contributed by atoms with Crippen LogP contribution in [0.1, 0.15) is 15.9 Å². The van der Waals surface area contributed by atoms with Crippen LogP contribution in [0.25, 0.3) is 15.3 Å². The van der Waals surface area contributed by atoms with E-state index in [-0.39, 0.29) is 5.91 Å². The first kappa shape index (κ1) is 16.4. The first-order valence-electron chi connectivity index (χ1n) is 8.18. The monoisotopic (exact) mass is 363 g/mol. The van der Waals surface area contributed by atoms with E-state index in [2.05, 4.69) is 10.3 Å². The van der Waals surface area contributed by atoms with Gasteiger partial charge in [0, 0.05) is 24.5 Å². The van der Waals surface area contributed by atoms with Gasteiger partial charge in [0.25, 0.3) is 5.91 Å². The van der Waals surface area contributed by atoms with Gasteiger partial charge in [-0.05, 0) is 48.0 Å². The highest BCUT2D eigenvalue weighted by molar-refractivity contribution is 7.20. The number of ether oxygens (including phenoxy) is 1. The largest absolute Gasteiger partial charge is 0.497 e. The van der Waals surface area contributed by atoms with Gasteiger partial charge in [-0.2, -0.15) is 0 Å². The van der Waals surface area contributed by atoms with Gasteiger partial charge in [-0.15, -0.1) is 0 Å². The van der Waals surface area contributed by atoms with E-state index in [0.29, 0.717) is 12.1 Å². The van der Waals surface area contributed by atoms with Gasteiger partial charge in [-0.3, -0.25) is 4.79 Å². The number of aromatic nitrogens is 2. The first-order chi connectivity index (χ1) is 12.7. The number of nitrogens with zero attached hydrogens (tertiary/aromatic N) is 2. The average molecular weight is 363 g/mol. The van der Waals surface area contributed by atoms with E-state index in [1.165, 1.54) is 0 Å². The topological polar surface area (TPSA) is 56.1 Å². The molecule has 0 radical (unpaired) electrons. The Hall–Kier alpha value is -3.12. The minimum Gasteiger partial charge on any atom is -0.497 e. The molecule has 0 spiro atoms. The van der Waals surface area contributed by atoms with E-state index in [9.17, 15) is 4.79 Å². The molecule has 0 unspecified atom stereocenters. The van der Waals surface area contributed by atoms with E-state index in [1.807, 2.05) is 71.6 Å². The predicted molar refractivity (Wildman–Crippen MR) is 103 cm³/mol. The molecule has 0 bridgehead atoms. The lowest BCUT2D eigenvalue weighted by molar-refractivity contribution is 0.0951. The quantitative estimate of drug-likeness (QED) is 0.582. The van der Waals surface area contributed by atoms with Crippen molar-refractivity contribution in [1.82, 2.24) is 14.9 Å². The van der Waals surface area contributed by atoms with Gasteiger partial charge >= 0.3 is 0 Å². The van der Waals surface area contributed by atoms with Crippen molar-refractivity contribution in [2.24, 2.45) is 0 Å². The number of hydrogen-bond donors (Lipinski definition) is 1. The van der Waals surface area contributed by atoms with Crippen LogP contribution in [0.5, 0.6) is 5.75 Å². The summed E-state index contributed by atoms with van der Waals surface area (Å²) in [4.78, 5) is 17.1. The molecule has 0 atom stereocenters. The Balaban J connectivity index is 1.49. The maximum absolute atomic E-state index is 12.5. The zero-order valence-electron chi connectivity index (χ0n) is 14.2. The molecule has 0 aliphatic carbocycles. The summed E-state index contributed by atoms with van der Waals surface area (Å²) in [6.45, 7) is 0.470. The summed E-state index contributed by atoms with van der Waals surface area (Å²) in [5, 5.41) is 3.84. The Morgan fingerprint density at radius 2 is 1.92 bits per heavy atom. The van der Waals surface area contributed by atoms with Crippen LogP contribution in [0.4, 0.5) is 0 Å². The number of thiazole rings is 1. The van der Waals surface area contributed by atoms with Gasteiger partial charge in [0.1, 0.15) is 5.75 Å². The van der Waals surface area contributed by atoms with E-state index < -0.39 is 0 Å². The van der Waals surface area contributed by atoms with E-state index >= 15 is 0 Å². The summed E-state index contributed by atoms with van der Waals surface area (Å²) >= 11 is 1.56. The van der Waals surface area contributed by atoms with Crippen molar-refractivity contribution in [3.8, 4) is 10.9 Å². The highest BCUT2D eigenvalue weighted by Gasteiger charge is 2.10. The minimum absolute atomic E-state index is 0.0985. The van der Waals surface area contributed by atoms with Crippen molar-refractivity contribution < 1.29 is 9.53 Å². The average Bonchev–Trinajstić information content (AvgIpc) is 3.35. The van der Waals surface area contributed by atoms with Gasteiger partial charge in [0.05, 0.1) is 17.3 Å². The Kier molecular flexibility index (Phi) is 4.41. The summed E-state index contributed by atoms with van der Waals surface area (Å²) in [5.74, 6) is 0.702. The number of carbonyl (C=O) groups excluding carboxylic acids is 1. The van der Waals surface area contributed by atoms with Crippen molar-refractivity contribution in [2.45, 2.75) is 6.54 Å². The second kappa shape index (κ2) is 7.01. The maximum atomic E-state index is 12.5. The first-order valence-corrected chi connectivity index (χ1v) is 8.99. The van der Waals surface area contributed by atoms with Crippen molar-refractivity contribution >= 4 is 27.5 Å². The number of methoxy groups -OCH3 is 1. The number of benzene rings is 2. The highest BCUT2D eigenvalue weighted by Crippen LogP contribution is 2.26. The normalized spacial score (nSPS) is 10.8. The molecule has 26 heavy (non-hydrogen) atoms. The van der Waals surface area contributed by atoms with Crippen LogP contribution >= 0.6 is 11.3 Å². The van der Waals surface area contributed by atoms with Crippen LogP contribution in [-0.4, -0.2) is 22.6 Å². The molecule has 0 saturated carbocycles. The van der Waals surface area contributed by atoms with Crippen LogP contribution in [0.3, 0.4) is 0 Å². The molecule has 0 aliphatic rings. The molecule has 2 heterocycles. The molecule has 0 fully saturated rings. The number of carbonyl (C=O) groups is 1. The molecule has 1 N–H and O–H groups in total. The van der Waals surface area contributed by atoms with E-state index in [0.717, 1.165) is 26.7 Å². The summed E-state index contributed by atoms with van der Waals surface area (Å²) in [6.07, 6.45) is 3.92. The number of nitrogens with one attached hydrogen (secondary N) is 1. The SMILES string of the molecule is COc1ccc(CNC(=O)c2ccc3nc(-n4cccc4)sc3c2)cc1. The number of amides is 1. The van der Waals surface area contributed by atoms with Crippen LogP contribution < -0.4 is 10.1 Å². The van der Waals surface area contributed by atoms with Gasteiger partial charge in [-0.1, -0.05) is 23.5 Å². The highest BCUT2D eigenvalue weighted by atomic mass is 32.1. The number of rotatable bonds is 5. The van der Waals surface area contributed by atoms with E-state index in [4.69, 9.17) is 4.74 Å². The molecule has 2 aromatic carbocycles.